The normalized spacial score (nSPS) is 12.0. The number of rotatable bonds is 5. The monoisotopic (exact) mass is 316 g/mol. The molecule has 0 heterocycles. The fourth-order valence-corrected chi connectivity index (χ4v) is 3.26. The quantitative estimate of drug-likeness (QED) is 0.307. The zero-order valence-electron chi connectivity index (χ0n) is 14.7. The molecule has 3 rings (SSSR count). The number of hydrogen-bond donors (Lipinski definition) is 0. The maximum Gasteiger partial charge on any atom is 0.0845 e. The smallest absolute Gasteiger partial charge is 0.0845 e. The van der Waals surface area contributed by atoms with Crippen molar-refractivity contribution in [3.05, 3.63) is 83.6 Å². The van der Waals surface area contributed by atoms with Gasteiger partial charge in [-0.2, -0.15) is 0 Å². The van der Waals surface area contributed by atoms with E-state index in [-0.39, 0.29) is 0 Å². The van der Waals surface area contributed by atoms with Gasteiger partial charge >= 0.3 is 0 Å². The van der Waals surface area contributed by atoms with Crippen molar-refractivity contribution in [2.45, 2.75) is 27.2 Å². The maximum absolute atomic E-state index is 5.18. The molecule has 1 nitrogen and oxygen atoms in total. The van der Waals surface area contributed by atoms with Gasteiger partial charge in [-0.15, -0.1) is 0 Å². The van der Waals surface area contributed by atoms with Gasteiger partial charge in [-0.3, -0.25) is 0 Å². The minimum absolute atomic E-state index is 0.710. The Labute approximate surface area is 144 Å². The van der Waals surface area contributed by atoms with Crippen molar-refractivity contribution in [1.29, 1.82) is 0 Å². The second-order valence-corrected chi connectivity index (χ2v) is 6.09. The molecule has 0 unspecified atom stereocenters. The van der Waals surface area contributed by atoms with Gasteiger partial charge in [0.15, 0.2) is 0 Å². The van der Waals surface area contributed by atoms with E-state index in [1.807, 2.05) is 19.1 Å². The molecule has 0 aliphatic heterocycles. The Morgan fingerprint density at radius 3 is 2.21 bits per heavy atom. The highest BCUT2D eigenvalue weighted by Crippen LogP contribution is 2.32. The lowest BCUT2D eigenvalue weighted by Crippen LogP contribution is -1.90. The lowest BCUT2D eigenvalue weighted by atomic mass is 9.92. The first kappa shape index (κ1) is 16.3. The van der Waals surface area contributed by atoms with Crippen molar-refractivity contribution >= 4 is 21.5 Å². The van der Waals surface area contributed by atoms with Crippen LogP contribution >= 0.6 is 0 Å². The van der Waals surface area contributed by atoms with Crippen LogP contribution < -0.4 is 0 Å². The first-order chi connectivity index (χ1) is 11.7. The van der Waals surface area contributed by atoms with Crippen LogP contribution in [-0.2, 0) is 11.2 Å². The van der Waals surface area contributed by atoms with E-state index in [0.717, 1.165) is 6.42 Å². The average molecular weight is 316 g/mol. The second-order valence-electron chi connectivity index (χ2n) is 6.09. The number of allylic oxidation sites excluding steroid dienone is 3. The minimum Gasteiger partial charge on any atom is -0.501 e. The number of benzene rings is 3. The van der Waals surface area contributed by atoms with Crippen molar-refractivity contribution in [2.75, 3.05) is 6.61 Å². The predicted molar refractivity (Wildman–Crippen MR) is 105 cm³/mol. The van der Waals surface area contributed by atoms with Gasteiger partial charge in [-0.1, -0.05) is 54.6 Å². The van der Waals surface area contributed by atoms with Crippen LogP contribution in [0.4, 0.5) is 0 Å². The van der Waals surface area contributed by atoms with Gasteiger partial charge in [0.2, 0.25) is 0 Å². The van der Waals surface area contributed by atoms with Crippen molar-refractivity contribution in [1.82, 2.24) is 0 Å². The first-order valence-corrected chi connectivity index (χ1v) is 8.56. The van der Waals surface area contributed by atoms with Crippen LogP contribution in [0.3, 0.4) is 0 Å². The van der Waals surface area contributed by atoms with Crippen LogP contribution in [0, 0.1) is 13.8 Å². The number of ether oxygens (including phenoxy) is 1. The molecule has 122 valence electrons. The van der Waals surface area contributed by atoms with Crippen molar-refractivity contribution < 1.29 is 4.74 Å². The van der Waals surface area contributed by atoms with E-state index in [4.69, 9.17) is 4.74 Å². The number of aryl methyl sites for hydroxylation is 2. The summed E-state index contributed by atoms with van der Waals surface area (Å²) in [7, 11) is 0. The molecule has 0 bridgehead atoms. The third-order valence-corrected chi connectivity index (χ3v) is 4.57. The summed E-state index contributed by atoms with van der Waals surface area (Å²) in [5.74, 6) is 0. The third kappa shape index (κ3) is 3.21. The van der Waals surface area contributed by atoms with Gasteiger partial charge in [0.1, 0.15) is 0 Å². The summed E-state index contributed by atoms with van der Waals surface area (Å²) in [6.45, 7) is 7.15. The van der Waals surface area contributed by atoms with Gasteiger partial charge in [-0.05, 0) is 71.5 Å². The second kappa shape index (κ2) is 7.35. The summed E-state index contributed by atoms with van der Waals surface area (Å²) in [5.41, 5.74) is 4.07. The molecule has 0 aromatic heterocycles. The van der Waals surface area contributed by atoms with Crippen molar-refractivity contribution in [2.24, 2.45) is 0 Å². The zero-order valence-corrected chi connectivity index (χ0v) is 14.7. The van der Waals surface area contributed by atoms with Gasteiger partial charge in [0.05, 0.1) is 12.9 Å². The van der Waals surface area contributed by atoms with Crippen LogP contribution in [0.25, 0.3) is 21.5 Å². The van der Waals surface area contributed by atoms with Crippen LogP contribution in [0.15, 0.2) is 67.0 Å². The van der Waals surface area contributed by atoms with Gasteiger partial charge in [0.25, 0.3) is 0 Å². The topological polar surface area (TPSA) is 9.23 Å². The predicted octanol–water partition coefficient (Wildman–Crippen LogP) is 6.26. The molecule has 0 spiro atoms. The van der Waals surface area contributed by atoms with Crippen LogP contribution in [0.1, 0.15) is 23.6 Å². The van der Waals surface area contributed by atoms with E-state index < -0.39 is 0 Å². The molecular weight excluding hydrogens is 292 g/mol. The molecule has 1 heteroatoms. The lowest BCUT2D eigenvalue weighted by Gasteiger charge is -2.13. The van der Waals surface area contributed by atoms with Crippen molar-refractivity contribution in [3.8, 4) is 0 Å². The highest BCUT2D eigenvalue weighted by atomic mass is 16.5. The number of hydrogen-bond acceptors (Lipinski definition) is 1. The molecular formula is C23H24O. The van der Waals surface area contributed by atoms with E-state index in [9.17, 15) is 0 Å². The van der Waals surface area contributed by atoms with E-state index in [2.05, 4.69) is 62.4 Å². The van der Waals surface area contributed by atoms with Gasteiger partial charge in [-0.25, -0.2) is 0 Å². The van der Waals surface area contributed by atoms with E-state index in [0.29, 0.717) is 6.61 Å². The lowest BCUT2D eigenvalue weighted by molar-refractivity contribution is 0.269. The summed E-state index contributed by atoms with van der Waals surface area (Å²) in [5, 5.41) is 5.43. The first-order valence-electron chi connectivity index (χ1n) is 8.56. The summed E-state index contributed by atoms with van der Waals surface area (Å²) in [6, 6.07) is 15.5. The van der Waals surface area contributed by atoms with E-state index in [1.165, 1.54) is 38.2 Å². The number of fused-ring (bicyclic) bond motifs is 2. The highest BCUT2D eigenvalue weighted by molar-refractivity contribution is 6.05. The molecule has 0 aliphatic rings. The largest absolute Gasteiger partial charge is 0.501 e. The Kier molecular flexibility index (Phi) is 5.00. The molecule has 3 aromatic rings. The minimum atomic E-state index is 0.710. The zero-order chi connectivity index (χ0) is 16.9. The van der Waals surface area contributed by atoms with Crippen LogP contribution in [0.5, 0.6) is 0 Å². The summed E-state index contributed by atoms with van der Waals surface area (Å²) < 4.78 is 5.18. The standard InChI is InChI=1S/C23H24O/c1-4-24-15-9-5-6-10-19-13-14-22-17(2)20-11-7-8-12-21(20)18(3)23(22)16-19/h5-9,11-16H,4,10H2,1-3H3/b6-5+,15-9+. The maximum atomic E-state index is 5.18. The molecule has 0 saturated heterocycles. The van der Waals surface area contributed by atoms with E-state index in [1.54, 1.807) is 6.26 Å². The van der Waals surface area contributed by atoms with Crippen LogP contribution in [-0.4, -0.2) is 6.61 Å². The van der Waals surface area contributed by atoms with Crippen LogP contribution in [0.2, 0.25) is 0 Å². The average Bonchev–Trinajstić information content (AvgIpc) is 2.62. The Balaban J connectivity index is 1.96. The van der Waals surface area contributed by atoms with Crippen molar-refractivity contribution in [3.63, 3.8) is 0 Å². The molecule has 0 saturated carbocycles. The summed E-state index contributed by atoms with van der Waals surface area (Å²) >= 11 is 0. The molecule has 24 heavy (non-hydrogen) atoms. The Hall–Kier alpha value is -2.54. The molecule has 0 fully saturated rings. The molecule has 0 atom stereocenters. The fourth-order valence-electron chi connectivity index (χ4n) is 3.26. The molecule has 0 amide bonds. The SMILES string of the molecule is CCO/C=C/C=C/Cc1ccc2c(C)c3ccccc3c(C)c2c1. The third-order valence-electron chi connectivity index (χ3n) is 4.57. The Bertz CT molecular complexity index is 916. The molecule has 3 aromatic carbocycles. The molecule has 0 radical (unpaired) electrons. The Morgan fingerprint density at radius 2 is 1.50 bits per heavy atom. The highest BCUT2D eigenvalue weighted by Gasteiger charge is 2.08. The van der Waals surface area contributed by atoms with Gasteiger partial charge < -0.3 is 4.74 Å². The molecule has 0 aliphatic carbocycles. The molecule has 0 N–H and O–H groups in total. The fraction of sp³-hybridized carbons (Fsp3) is 0.217. The summed E-state index contributed by atoms with van der Waals surface area (Å²) in [4.78, 5) is 0. The summed E-state index contributed by atoms with van der Waals surface area (Å²) in [6.07, 6.45) is 8.81. The van der Waals surface area contributed by atoms with Gasteiger partial charge in [0, 0.05) is 0 Å². The van der Waals surface area contributed by atoms with E-state index >= 15 is 0 Å². The Morgan fingerprint density at radius 1 is 0.833 bits per heavy atom.